The summed E-state index contributed by atoms with van der Waals surface area (Å²) in [5, 5.41) is 3.65. The minimum absolute atomic E-state index is 0.142. The highest BCUT2D eigenvalue weighted by Crippen LogP contribution is 2.34. The molecule has 1 aliphatic rings. The Balaban J connectivity index is 1.77. The van der Waals surface area contributed by atoms with E-state index in [0.717, 1.165) is 43.1 Å². The maximum Gasteiger partial charge on any atom is 0.255 e. The minimum atomic E-state index is -0.142. The zero-order valence-electron chi connectivity index (χ0n) is 15.9. The van der Waals surface area contributed by atoms with Crippen LogP contribution >= 0.6 is 11.6 Å². The van der Waals surface area contributed by atoms with Gasteiger partial charge in [-0.15, -0.1) is 0 Å². The SMILES string of the molecule is CCCN(C)c1ccc(C(=O)Nc2cccc(Cl)c2N2CCOCC2)cc1. The van der Waals surface area contributed by atoms with Gasteiger partial charge in [0.05, 0.1) is 29.6 Å². The molecule has 2 aromatic rings. The second kappa shape index (κ2) is 9.11. The number of carbonyl (C=O) groups excluding carboxylic acids is 1. The van der Waals surface area contributed by atoms with Crippen molar-refractivity contribution in [2.75, 3.05) is 55.0 Å². The van der Waals surface area contributed by atoms with Crippen molar-refractivity contribution in [2.24, 2.45) is 0 Å². The van der Waals surface area contributed by atoms with Crippen molar-refractivity contribution in [1.29, 1.82) is 0 Å². The fourth-order valence-electron chi connectivity index (χ4n) is 3.25. The summed E-state index contributed by atoms with van der Waals surface area (Å²) >= 11 is 6.44. The zero-order chi connectivity index (χ0) is 19.2. The quantitative estimate of drug-likeness (QED) is 0.803. The molecule has 0 aliphatic carbocycles. The Kier molecular flexibility index (Phi) is 6.58. The molecule has 0 bridgehead atoms. The van der Waals surface area contributed by atoms with Gasteiger partial charge in [0.15, 0.2) is 0 Å². The van der Waals surface area contributed by atoms with Crippen LogP contribution in [0.4, 0.5) is 17.1 Å². The smallest absolute Gasteiger partial charge is 0.255 e. The van der Waals surface area contributed by atoms with Crippen LogP contribution in [0.3, 0.4) is 0 Å². The first-order valence-electron chi connectivity index (χ1n) is 9.34. The van der Waals surface area contributed by atoms with Crippen LogP contribution in [0, 0.1) is 0 Å². The Morgan fingerprint density at radius 3 is 2.56 bits per heavy atom. The maximum atomic E-state index is 12.8. The number of benzene rings is 2. The molecule has 0 aromatic heterocycles. The third-order valence-electron chi connectivity index (χ3n) is 4.69. The first kappa shape index (κ1) is 19.5. The Morgan fingerprint density at radius 1 is 1.19 bits per heavy atom. The van der Waals surface area contributed by atoms with Crippen molar-refractivity contribution in [2.45, 2.75) is 13.3 Å². The Bertz CT molecular complexity index is 773. The number of halogens is 1. The van der Waals surface area contributed by atoms with Crippen molar-refractivity contribution in [3.8, 4) is 0 Å². The molecule has 1 heterocycles. The van der Waals surface area contributed by atoms with E-state index in [2.05, 4.69) is 29.1 Å². The van der Waals surface area contributed by atoms with Crippen molar-refractivity contribution in [3.05, 3.63) is 53.1 Å². The largest absolute Gasteiger partial charge is 0.378 e. The number of morpholine rings is 1. The Labute approximate surface area is 165 Å². The average molecular weight is 388 g/mol. The first-order chi connectivity index (χ1) is 13.1. The molecule has 144 valence electrons. The molecule has 5 nitrogen and oxygen atoms in total. The number of ether oxygens (including phenoxy) is 1. The van der Waals surface area contributed by atoms with Crippen LogP contribution in [0.2, 0.25) is 5.02 Å². The maximum absolute atomic E-state index is 12.8. The summed E-state index contributed by atoms with van der Waals surface area (Å²) in [5.41, 5.74) is 3.30. The summed E-state index contributed by atoms with van der Waals surface area (Å²) in [4.78, 5) is 17.1. The molecule has 1 N–H and O–H groups in total. The van der Waals surface area contributed by atoms with Gasteiger partial charge in [-0.05, 0) is 42.8 Å². The van der Waals surface area contributed by atoms with Gasteiger partial charge in [0.1, 0.15) is 0 Å². The molecule has 1 fully saturated rings. The topological polar surface area (TPSA) is 44.8 Å². The van der Waals surface area contributed by atoms with E-state index in [-0.39, 0.29) is 5.91 Å². The molecule has 1 saturated heterocycles. The number of carbonyl (C=O) groups is 1. The van der Waals surface area contributed by atoms with E-state index in [1.807, 2.05) is 42.5 Å². The summed E-state index contributed by atoms with van der Waals surface area (Å²) in [6.45, 7) is 5.96. The van der Waals surface area contributed by atoms with Crippen LogP contribution in [-0.2, 0) is 4.74 Å². The summed E-state index contributed by atoms with van der Waals surface area (Å²) in [6, 6.07) is 13.3. The summed E-state index contributed by atoms with van der Waals surface area (Å²) in [7, 11) is 2.05. The predicted molar refractivity (Wildman–Crippen MR) is 112 cm³/mol. The predicted octanol–water partition coefficient (Wildman–Crippen LogP) is 4.28. The van der Waals surface area contributed by atoms with E-state index in [9.17, 15) is 4.79 Å². The van der Waals surface area contributed by atoms with E-state index >= 15 is 0 Å². The minimum Gasteiger partial charge on any atom is -0.378 e. The van der Waals surface area contributed by atoms with E-state index in [1.165, 1.54) is 0 Å². The molecule has 1 aliphatic heterocycles. The van der Waals surface area contributed by atoms with Gasteiger partial charge in [0.25, 0.3) is 5.91 Å². The number of hydrogen-bond acceptors (Lipinski definition) is 4. The molecule has 0 unspecified atom stereocenters. The molecule has 0 radical (unpaired) electrons. The fraction of sp³-hybridized carbons (Fsp3) is 0.381. The lowest BCUT2D eigenvalue weighted by Crippen LogP contribution is -2.37. The van der Waals surface area contributed by atoms with Gasteiger partial charge in [-0.2, -0.15) is 0 Å². The monoisotopic (exact) mass is 387 g/mol. The van der Waals surface area contributed by atoms with E-state index in [0.29, 0.717) is 23.8 Å². The lowest BCUT2D eigenvalue weighted by Gasteiger charge is -2.31. The lowest BCUT2D eigenvalue weighted by atomic mass is 10.1. The van der Waals surface area contributed by atoms with Crippen LogP contribution in [0.1, 0.15) is 23.7 Å². The van der Waals surface area contributed by atoms with Crippen LogP contribution in [0.25, 0.3) is 0 Å². The molecule has 0 spiro atoms. The number of nitrogens with zero attached hydrogens (tertiary/aromatic N) is 2. The van der Waals surface area contributed by atoms with Crippen molar-refractivity contribution in [1.82, 2.24) is 0 Å². The highest BCUT2D eigenvalue weighted by atomic mass is 35.5. The molecule has 0 atom stereocenters. The van der Waals surface area contributed by atoms with Crippen LogP contribution < -0.4 is 15.1 Å². The third kappa shape index (κ3) is 4.73. The number of para-hydroxylation sites is 1. The number of amides is 1. The lowest BCUT2D eigenvalue weighted by molar-refractivity contribution is 0.102. The fourth-order valence-corrected chi connectivity index (χ4v) is 3.54. The van der Waals surface area contributed by atoms with Gasteiger partial charge in [-0.25, -0.2) is 0 Å². The molecule has 2 aromatic carbocycles. The number of rotatable bonds is 6. The third-order valence-corrected chi connectivity index (χ3v) is 5.00. The van der Waals surface area contributed by atoms with Crippen LogP contribution in [0.15, 0.2) is 42.5 Å². The van der Waals surface area contributed by atoms with Gasteiger partial charge >= 0.3 is 0 Å². The van der Waals surface area contributed by atoms with E-state index in [4.69, 9.17) is 16.3 Å². The number of anilines is 3. The Morgan fingerprint density at radius 2 is 1.89 bits per heavy atom. The molecule has 27 heavy (non-hydrogen) atoms. The van der Waals surface area contributed by atoms with Crippen molar-refractivity contribution in [3.63, 3.8) is 0 Å². The molecular formula is C21H26ClN3O2. The normalized spacial score (nSPS) is 14.1. The number of nitrogens with one attached hydrogen (secondary N) is 1. The van der Waals surface area contributed by atoms with Crippen LogP contribution in [-0.4, -0.2) is 45.8 Å². The van der Waals surface area contributed by atoms with Gasteiger partial charge in [0, 0.05) is 37.9 Å². The highest BCUT2D eigenvalue weighted by Gasteiger charge is 2.19. The molecule has 0 saturated carbocycles. The molecular weight excluding hydrogens is 362 g/mol. The van der Waals surface area contributed by atoms with Gasteiger partial charge in [0.2, 0.25) is 0 Å². The van der Waals surface area contributed by atoms with Crippen LogP contribution in [0.5, 0.6) is 0 Å². The highest BCUT2D eigenvalue weighted by molar-refractivity contribution is 6.34. The molecule has 6 heteroatoms. The van der Waals surface area contributed by atoms with Gasteiger partial charge < -0.3 is 19.9 Å². The van der Waals surface area contributed by atoms with Gasteiger partial charge in [-0.3, -0.25) is 4.79 Å². The van der Waals surface area contributed by atoms with Gasteiger partial charge in [-0.1, -0.05) is 24.6 Å². The second-order valence-electron chi connectivity index (χ2n) is 6.66. The Hall–Kier alpha value is -2.24. The summed E-state index contributed by atoms with van der Waals surface area (Å²) in [6.07, 6.45) is 1.08. The average Bonchev–Trinajstić information content (AvgIpc) is 2.69. The number of hydrogen-bond donors (Lipinski definition) is 1. The summed E-state index contributed by atoms with van der Waals surface area (Å²) in [5.74, 6) is -0.142. The van der Waals surface area contributed by atoms with E-state index < -0.39 is 0 Å². The second-order valence-corrected chi connectivity index (χ2v) is 7.07. The standard InChI is InChI=1S/C21H26ClN3O2/c1-3-11-24(2)17-9-7-16(8-10-17)21(26)23-19-6-4-5-18(22)20(19)25-12-14-27-15-13-25/h4-10H,3,11-15H2,1-2H3,(H,23,26). The molecule has 1 amide bonds. The zero-order valence-corrected chi connectivity index (χ0v) is 16.6. The summed E-state index contributed by atoms with van der Waals surface area (Å²) < 4.78 is 5.42. The van der Waals surface area contributed by atoms with E-state index in [1.54, 1.807) is 0 Å². The van der Waals surface area contributed by atoms with Crippen molar-refractivity contribution >= 4 is 34.6 Å². The van der Waals surface area contributed by atoms with Crippen molar-refractivity contribution < 1.29 is 9.53 Å². The molecule has 3 rings (SSSR count). The first-order valence-corrected chi connectivity index (χ1v) is 9.71.